The number of nitrogens with one attached hydrogen (secondary N) is 1. The molecule has 0 aliphatic heterocycles. The Kier molecular flexibility index (Phi) is 8.38. The molecule has 3 aromatic carbocycles. The summed E-state index contributed by atoms with van der Waals surface area (Å²) >= 11 is 9.68. The van der Waals surface area contributed by atoms with Crippen LogP contribution < -0.4 is 15.6 Å². The van der Waals surface area contributed by atoms with E-state index < -0.39 is 11.7 Å². The summed E-state index contributed by atoms with van der Waals surface area (Å²) in [4.78, 5) is 30.8. The van der Waals surface area contributed by atoms with Crippen molar-refractivity contribution in [3.8, 4) is 5.75 Å². The molecule has 0 bridgehead atoms. The van der Waals surface area contributed by atoms with E-state index in [1.807, 2.05) is 12.1 Å². The Hall–Kier alpha value is -3.56. The highest BCUT2D eigenvalue weighted by Crippen LogP contribution is 2.32. The number of carbonyl (C=O) groups excluding carboxylic acids is 1. The van der Waals surface area contributed by atoms with Crippen molar-refractivity contribution in [1.82, 2.24) is 9.66 Å². The van der Waals surface area contributed by atoms with Crippen LogP contribution in [-0.2, 0) is 4.79 Å². The minimum absolute atomic E-state index is 0.123. The van der Waals surface area contributed by atoms with Crippen LogP contribution in [0.4, 0.5) is 10.1 Å². The summed E-state index contributed by atoms with van der Waals surface area (Å²) in [6.07, 6.45) is 6.69. The molecule has 1 amide bonds. The summed E-state index contributed by atoms with van der Waals surface area (Å²) in [7, 11) is 0. The molecule has 10 heteroatoms. The van der Waals surface area contributed by atoms with E-state index in [0.717, 1.165) is 30.2 Å². The third kappa shape index (κ3) is 6.54. The van der Waals surface area contributed by atoms with E-state index in [9.17, 15) is 14.0 Å². The molecule has 1 aliphatic carbocycles. The second-order valence-electron chi connectivity index (χ2n) is 9.36. The number of nitrogens with zero attached hydrogens (tertiary/aromatic N) is 3. The van der Waals surface area contributed by atoms with Crippen LogP contribution in [0.5, 0.6) is 5.75 Å². The SMILES string of the molecule is O=C(COc1ccc(Cl)cc1C=Nn1c(C2CCCCC2)nc2ccc(Br)cc2c1=O)Nc1cccc(F)c1. The highest BCUT2D eigenvalue weighted by atomic mass is 79.9. The van der Waals surface area contributed by atoms with Crippen LogP contribution in [-0.4, -0.2) is 28.4 Å². The van der Waals surface area contributed by atoms with Gasteiger partial charge in [-0.1, -0.05) is 52.9 Å². The lowest BCUT2D eigenvalue weighted by Crippen LogP contribution is -2.25. The fourth-order valence-electron chi connectivity index (χ4n) is 4.68. The largest absolute Gasteiger partial charge is 0.483 e. The molecule has 4 aromatic rings. The molecule has 200 valence electrons. The van der Waals surface area contributed by atoms with E-state index in [1.165, 1.54) is 35.5 Å². The van der Waals surface area contributed by atoms with Crippen LogP contribution in [0.2, 0.25) is 5.02 Å². The number of benzene rings is 3. The topological polar surface area (TPSA) is 85.6 Å². The molecule has 5 rings (SSSR count). The first-order valence-corrected chi connectivity index (χ1v) is 13.8. The van der Waals surface area contributed by atoms with Gasteiger partial charge >= 0.3 is 0 Å². The standard InChI is InChI=1S/C29H25BrClFN4O3/c30-20-9-11-25-24(14-20)29(38)36(28(35-25)18-5-2-1-3-6-18)33-16-19-13-21(31)10-12-26(19)39-17-27(37)34-23-8-4-7-22(32)15-23/h4,7-16,18H,1-3,5-6,17H2,(H,34,37). The lowest BCUT2D eigenvalue weighted by Gasteiger charge is -2.22. The number of hydrogen-bond donors (Lipinski definition) is 1. The Morgan fingerprint density at radius 1 is 1.15 bits per heavy atom. The average Bonchev–Trinajstić information content (AvgIpc) is 2.93. The zero-order valence-corrected chi connectivity index (χ0v) is 23.2. The molecule has 1 N–H and O–H groups in total. The average molecular weight is 612 g/mol. The number of carbonyl (C=O) groups is 1. The van der Waals surface area contributed by atoms with Crippen molar-refractivity contribution in [3.63, 3.8) is 0 Å². The van der Waals surface area contributed by atoms with E-state index in [4.69, 9.17) is 21.3 Å². The molecule has 0 saturated heterocycles. The minimum atomic E-state index is -0.460. The summed E-state index contributed by atoms with van der Waals surface area (Å²) in [6, 6.07) is 15.9. The molecule has 1 aliphatic rings. The number of fused-ring (bicyclic) bond motifs is 1. The monoisotopic (exact) mass is 610 g/mol. The molecule has 0 radical (unpaired) electrons. The molecule has 1 fully saturated rings. The van der Waals surface area contributed by atoms with Gasteiger partial charge in [0.25, 0.3) is 11.5 Å². The summed E-state index contributed by atoms with van der Waals surface area (Å²) in [5.41, 5.74) is 1.17. The van der Waals surface area contributed by atoms with Gasteiger partial charge in [-0.25, -0.2) is 9.37 Å². The Labute approximate surface area is 237 Å². The predicted octanol–water partition coefficient (Wildman–Crippen LogP) is 6.90. The summed E-state index contributed by atoms with van der Waals surface area (Å²) in [5.74, 6) is 0.186. The van der Waals surface area contributed by atoms with Gasteiger partial charge in [0.1, 0.15) is 17.4 Å². The van der Waals surface area contributed by atoms with Crippen LogP contribution in [0, 0.1) is 5.82 Å². The van der Waals surface area contributed by atoms with Gasteiger partial charge in [-0.3, -0.25) is 9.59 Å². The van der Waals surface area contributed by atoms with Crippen molar-refractivity contribution >= 4 is 56.2 Å². The van der Waals surface area contributed by atoms with E-state index in [0.29, 0.717) is 38.8 Å². The van der Waals surface area contributed by atoms with Gasteiger partial charge in [-0.15, -0.1) is 0 Å². The molecule has 1 heterocycles. The van der Waals surface area contributed by atoms with E-state index in [-0.39, 0.29) is 18.1 Å². The van der Waals surface area contributed by atoms with Gasteiger partial charge in [0.15, 0.2) is 6.61 Å². The molecular formula is C29H25BrClFN4O3. The van der Waals surface area contributed by atoms with Crippen LogP contribution in [0.15, 0.2) is 75.0 Å². The lowest BCUT2D eigenvalue weighted by molar-refractivity contribution is -0.118. The summed E-state index contributed by atoms with van der Waals surface area (Å²) in [5, 5.41) is 8.05. The molecule has 0 spiro atoms. The quantitative estimate of drug-likeness (QED) is 0.231. The number of anilines is 1. The van der Waals surface area contributed by atoms with Crippen molar-refractivity contribution in [3.05, 3.63) is 97.7 Å². The number of ether oxygens (including phenoxy) is 1. The van der Waals surface area contributed by atoms with Gasteiger partial charge in [-0.05, 0) is 67.4 Å². The third-order valence-corrected chi connectivity index (χ3v) is 7.28. The van der Waals surface area contributed by atoms with Crippen molar-refractivity contribution in [2.24, 2.45) is 5.10 Å². The number of hydrogen-bond acceptors (Lipinski definition) is 5. The zero-order valence-electron chi connectivity index (χ0n) is 20.9. The van der Waals surface area contributed by atoms with Crippen LogP contribution in [0.25, 0.3) is 10.9 Å². The van der Waals surface area contributed by atoms with Crippen LogP contribution in [0.1, 0.15) is 49.4 Å². The van der Waals surface area contributed by atoms with Crippen molar-refractivity contribution < 1.29 is 13.9 Å². The number of aromatic nitrogens is 2. The third-order valence-electron chi connectivity index (χ3n) is 6.55. The Morgan fingerprint density at radius 3 is 2.77 bits per heavy atom. The number of halogens is 3. The predicted molar refractivity (Wildman–Crippen MR) is 154 cm³/mol. The maximum Gasteiger partial charge on any atom is 0.282 e. The molecule has 1 aromatic heterocycles. The van der Waals surface area contributed by atoms with Gasteiger partial charge < -0.3 is 10.1 Å². The highest BCUT2D eigenvalue weighted by molar-refractivity contribution is 9.10. The zero-order chi connectivity index (χ0) is 27.4. The fraction of sp³-hybridized carbons (Fsp3) is 0.241. The number of amides is 1. The first-order valence-electron chi connectivity index (χ1n) is 12.6. The minimum Gasteiger partial charge on any atom is -0.483 e. The second kappa shape index (κ2) is 12.1. The Morgan fingerprint density at radius 2 is 1.97 bits per heavy atom. The lowest BCUT2D eigenvalue weighted by atomic mass is 9.88. The number of rotatable bonds is 7. The Balaban J connectivity index is 1.45. The van der Waals surface area contributed by atoms with Gasteiger partial charge in [0.05, 0.1) is 17.1 Å². The molecule has 0 atom stereocenters. The van der Waals surface area contributed by atoms with Gasteiger partial charge in [0, 0.05) is 26.7 Å². The molecular weight excluding hydrogens is 587 g/mol. The Bertz CT molecular complexity index is 1620. The fourth-order valence-corrected chi connectivity index (χ4v) is 5.22. The highest BCUT2D eigenvalue weighted by Gasteiger charge is 2.22. The van der Waals surface area contributed by atoms with Crippen molar-refractivity contribution in [2.75, 3.05) is 11.9 Å². The van der Waals surface area contributed by atoms with E-state index in [1.54, 1.807) is 30.3 Å². The maximum atomic E-state index is 13.6. The second-order valence-corrected chi connectivity index (χ2v) is 10.7. The van der Waals surface area contributed by atoms with Gasteiger partial charge in [0.2, 0.25) is 0 Å². The molecule has 1 saturated carbocycles. The summed E-state index contributed by atoms with van der Waals surface area (Å²) < 4.78 is 21.3. The molecule has 39 heavy (non-hydrogen) atoms. The first kappa shape index (κ1) is 27.0. The molecule has 7 nitrogen and oxygen atoms in total. The van der Waals surface area contributed by atoms with Crippen LogP contribution in [0.3, 0.4) is 0 Å². The summed E-state index contributed by atoms with van der Waals surface area (Å²) in [6.45, 7) is -0.322. The van der Waals surface area contributed by atoms with Crippen molar-refractivity contribution in [2.45, 2.75) is 38.0 Å². The van der Waals surface area contributed by atoms with Crippen LogP contribution >= 0.6 is 27.5 Å². The van der Waals surface area contributed by atoms with E-state index >= 15 is 0 Å². The van der Waals surface area contributed by atoms with E-state index in [2.05, 4.69) is 26.3 Å². The van der Waals surface area contributed by atoms with Gasteiger partial charge in [-0.2, -0.15) is 9.78 Å². The maximum absolute atomic E-state index is 13.6. The molecule has 0 unspecified atom stereocenters. The smallest absolute Gasteiger partial charge is 0.282 e. The normalized spacial score (nSPS) is 14.1. The first-order chi connectivity index (χ1) is 18.9. The van der Waals surface area contributed by atoms with Crippen molar-refractivity contribution in [1.29, 1.82) is 0 Å².